The summed E-state index contributed by atoms with van der Waals surface area (Å²) in [7, 11) is 0. The SMILES string of the molecule is O=C(O)c1occc1CNc1cccs1. The van der Waals surface area contributed by atoms with Crippen molar-refractivity contribution < 1.29 is 14.3 Å². The lowest BCUT2D eigenvalue weighted by atomic mass is 10.2. The summed E-state index contributed by atoms with van der Waals surface area (Å²) >= 11 is 1.57. The highest BCUT2D eigenvalue weighted by Crippen LogP contribution is 2.18. The van der Waals surface area contributed by atoms with Crippen molar-refractivity contribution in [1.82, 2.24) is 0 Å². The highest BCUT2D eigenvalue weighted by Gasteiger charge is 2.13. The molecule has 2 aromatic rings. The molecule has 0 aliphatic heterocycles. The molecule has 0 atom stereocenters. The fourth-order valence-corrected chi connectivity index (χ4v) is 1.84. The van der Waals surface area contributed by atoms with Crippen molar-refractivity contribution in [2.45, 2.75) is 6.54 Å². The van der Waals surface area contributed by atoms with Gasteiger partial charge in [0.25, 0.3) is 0 Å². The Labute approximate surface area is 90.2 Å². The van der Waals surface area contributed by atoms with Gasteiger partial charge in [0.1, 0.15) is 0 Å². The number of furan rings is 1. The van der Waals surface area contributed by atoms with E-state index in [1.807, 2.05) is 17.5 Å². The molecule has 4 nitrogen and oxygen atoms in total. The third-order valence-electron chi connectivity index (χ3n) is 1.92. The molecule has 0 aliphatic rings. The molecule has 2 rings (SSSR count). The largest absolute Gasteiger partial charge is 0.475 e. The van der Waals surface area contributed by atoms with Crippen molar-refractivity contribution in [3.05, 3.63) is 41.2 Å². The van der Waals surface area contributed by atoms with Crippen molar-refractivity contribution in [3.8, 4) is 0 Å². The molecule has 0 saturated carbocycles. The highest BCUT2D eigenvalue weighted by atomic mass is 32.1. The first-order valence-electron chi connectivity index (χ1n) is 4.34. The number of carboxylic acid groups (broad SMARTS) is 1. The Hall–Kier alpha value is -1.75. The van der Waals surface area contributed by atoms with E-state index < -0.39 is 5.97 Å². The zero-order valence-corrected chi connectivity index (χ0v) is 8.58. The van der Waals surface area contributed by atoms with Crippen LogP contribution in [-0.4, -0.2) is 11.1 Å². The molecule has 0 radical (unpaired) electrons. The summed E-state index contributed by atoms with van der Waals surface area (Å²) in [6.07, 6.45) is 1.38. The van der Waals surface area contributed by atoms with Gasteiger partial charge in [0, 0.05) is 12.1 Å². The minimum absolute atomic E-state index is 0.000874. The fraction of sp³-hybridized carbons (Fsp3) is 0.100. The van der Waals surface area contributed by atoms with E-state index in [1.54, 1.807) is 17.4 Å². The molecule has 5 heteroatoms. The molecule has 0 saturated heterocycles. The van der Waals surface area contributed by atoms with Crippen LogP contribution in [0.1, 0.15) is 16.1 Å². The number of carbonyl (C=O) groups is 1. The van der Waals surface area contributed by atoms with Gasteiger partial charge < -0.3 is 14.8 Å². The van der Waals surface area contributed by atoms with Gasteiger partial charge in [-0.3, -0.25) is 0 Å². The average molecular weight is 223 g/mol. The zero-order chi connectivity index (χ0) is 10.7. The Kier molecular flexibility index (Phi) is 2.73. The first kappa shape index (κ1) is 9.79. The lowest BCUT2D eigenvalue weighted by Gasteiger charge is -2.01. The van der Waals surface area contributed by atoms with Crippen molar-refractivity contribution in [2.24, 2.45) is 0 Å². The maximum atomic E-state index is 10.7. The smallest absolute Gasteiger partial charge is 0.372 e. The number of aromatic carboxylic acids is 1. The van der Waals surface area contributed by atoms with Crippen LogP contribution in [0.3, 0.4) is 0 Å². The molecular formula is C10H9NO3S. The number of thiophene rings is 1. The quantitative estimate of drug-likeness (QED) is 0.836. The fourth-order valence-electron chi connectivity index (χ4n) is 1.22. The number of carboxylic acids is 1. The van der Waals surface area contributed by atoms with E-state index in [0.717, 1.165) is 5.00 Å². The summed E-state index contributed by atoms with van der Waals surface area (Å²) in [6.45, 7) is 0.457. The van der Waals surface area contributed by atoms with Gasteiger partial charge in [-0.25, -0.2) is 4.79 Å². The lowest BCUT2D eigenvalue weighted by molar-refractivity contribution is 0.0661. The van der Waals surface area contributed by atoms with Gasteiger partial charge >= 0.3 is 5.97 Å². The Bertz CT molecular complexity index is 447. The normalized spacial score (nSPS) is 10.1. The van der Waals surface area contributed by atoms with E-state index >= 15 is 0 Å². The predicted molar refractivity (Wildman–Crippen MR) is 57.3 cm³/mol. The van der Waals surface area contributed by atoms with Crippen LogP contribution in [0.2, 0.25) is 0 Å². The predicted octanol–water partition coefficient (Wildman–Crippen LogP) is 2.65. The first-order valence-corrected chi connectivity index (χ1v) is 5.22. The first-order chi connectivity index (χ1) is 7.27. The maximum Gasteiger partial charge on any atom is 0.372 e. The third kappa shape index (κ3) is 2.19. The minimum atomic E-state index is -1.04. The van der Waals surface area contributed by atoms with Gasteiger partial charge in [0.05, 0.1) is 11.3 Å². The van der Waals surface area contributed by atoms with Gasteiger partial charge in [0.2, 0.25) is 5.76 Å². The number of hydrogen-bond donors (Lipinski definition) is 2. The van der Waals surface area contributed by atoms with E-state index in [4.69, 9.17) is 9.52 Å². The topological polar surface area (TPSA) is 62.5 Å². The molecule has 0 unspecified atom stereocenters. The summed E-state index contributed by atoms with van der Waals surface area (Å²) < 4.78 is 4.86. The van der Waals surface area contributed by atoms with Crippen LogP contribution in [-0.2, 0) is 6.54 Å². The standard InChI is InChI=1S/C10H9NO3S/c12-10(13)9-7(3-4-14-9)6-11-8-2-1-5-15-8/h1-5,11H,6H2,(H,12,13). The minimum Gasteiger partial charge on any atom is -0.475 e. The van der Waals surface area contributed by atoms with Crippen molar-refractivity contribution in [3.63, 3.8) is 0 Å². The second-order valence-electron chi connectivity index (χ2n) is 2.91. The number of rotatable bonds is 4. The van der Waals surface area contributed by atoms with Gasteiger partial charge in [-0.1, -0.05) is 0 Å². The summed E-state index contributed by atoms with van der Waals surface area (Å²) in [5, 5.41) is 14.9. The number of hydrogen-bond acceptors (Lipinski definition) is 4. The summed E-state index contributed by atoms with van der Waals surface area (Å²) in [5.74, 6) is -1.04. The molecule has 2 aromatic heterocycles. The second-order valence-corrected chi connectivity index (χ2v) is 3.86. The van der Waals surface area contributed by atoms with Crippen molar-refractivity contribution >= 4 is 22.3 Å². The Balaban J connectivity index is 2.05. The molecule has 0 aliphatic carbocycles. The van der Waals surface area contributed by atoms with Crippen LogP contribution in [0.5, 0.6) is 0 Å². The Morgan fingerprint density at radius 1 is 1.53 bits per heavy atom. The van der Waals surface area contributed by atoms with Crippen molar-refractivity contribution in [1.29, 1.82) is 0 Å². The Morgan fingerprint density at radius 2 is 2.40 bits per heavy atom. The van der Waals surface area contributed by atoms with E-state index in [1.165, 1.54) is 6.26 Å². The Morgan fingerprint density at radius 3 is 3.07 bits per heavy atom. The molecule has 0 amide bonds. The van der Waals surface area contributed by atoms with E-state index in [0.29, 0.717) is 12.1 Å². The molecule has 2 heterocycles. The summed E-state index contributed by atoms with van der Waals surface area (Å²) in [5.41, 5.74) is 0.649. The van der Waals surface area contributed by atoms with Gasteiger partial charge in [-0.2, -0.15) is 0 Å². The second kappa shape index (κ2) is 4.18. The third-order valence-corrected chi connectivity index (χ3v) is 2.74. The van der Waals surface area contributed by atoms with Gasteiger partial charge in [-0.15, -0.1) is 11.3 Å². The van der Waals surface area contributed by atoms with Crippen LogP contribution in [0, 0.1) is 0 Å². The summed E-state index contributed by atoms with van der Waals surface area (Å²) in [6, 6.07) is 5.52. The lowest BCUT2D eigenvalue weighted by Crippen LogP contribution is -2.03. The van der Waals surface area contributed by atoms with Crippen LogP contribution in [0.25, 0.3) is 0 Å². The van der Waals surface area contributed by atoms with Crippen LogP contribution < -0.4 is 5.32 Å². The molecule has 15 heavy (non-hydrogen) atoms. The molecular weight excluding hydrogens is 214 g/mol. The van der Waals surface area contributed by atoms with Gasteiger partial charge in [-0.05, 0) is 23.6 Å². The van der Waals surface area contributed by atoms with E-state index in [-0.39, 0.29) is 5.76 Å². The van der Waals surface area contributed by atoms with E-state index in [9.17, 15) is 4.79 Å². The monoisotopic (exact) mass is 223 g/mol. The summed E-state index contributed by atoms with van der Waals surface area (Å²) in [4.78, 5) is 10.7. The molecule has 78 valence electrons. The maximum absolute atomic E-state index is 10.7. The molecule has 0 aromatic carbocycles. The number of anilines is 1. The van der Waals surface area contributed by atoms with Gasteiger partial charge in [0.15, 0.2) is 0 Å². The van der Waals surface area contributed by atoms with E-state index in [2.05, 4.69) is 5.32 Å². The molecule has 2 N–H and O–H groups in total. The average Bonchev–Trinajstić information content (AvgIpc) is 2.86. The highest BCUT2D eigenvalue weighted by molar-refractivity contribution is 7.14. The number of nitrogens with one attached hydrogen (secondary N) is 1. The van der Waals surface area contributed by atoms with Crippen LogP contribution in [0.15, 0.2) is 34.3 Å². The zero-order valence-electron chi connectivity index (χ0n) is 7.77. The molecule has 0 spiro atoms. The van der Waals surface area contributed by atoms with Crippen LogP contribution in [0.4, 0.5) is 5.00 Å². The molecule has 0 fully saturated rings. The molecule has 0 bridgehead atoms. The van der Waals surface area contributed by atoms with Crippen molar-refractivity contribution in [2.75, 3.05) is 5.32 Å². The van der Waals surface area contributed by atoms with Crippen LogP contribution >= 0.6 is 11.3 Å².